The number of hydrogen-bond donors (Lipinski definition) is 2. The Morgan fingerprint density at radius 1 is 1.08 bits per heavy atom. The highest BCUT2D eigenvalue weighted by Gasteiger charge is 2.17. The number of carbonyl (C=O) groups is 2. The number of amides is 1. The lowest BCUT2D eigenvalue weighted by Gasteiger charge is -2.16. The van der Waals surface area contributed by atoms with Gasteiger partial charge in [0.25, 0.3) is 5.91 Å². The molecular weight excluding hydrogens is 356 g/mol. The summed E-state index contributed by atoms with van der Waals surface area (Å²) < 4.78 is 31.1. The van der Waals surface area contributed by atoms with Gasteiger partial charge in [-0.15, -0.1) is 0 Å². The molecule has 0 aliphatic heterocycles. The molecule has 1 saturated carbocycles. The summed E-state index contributed by atoms with van der Waals surface area (Å²) in [6, 6.07) is 5.56. The minimum absolute atomic E-state index is 0.0713. The minimum atomic E-state index is -3.56. The Balaban J connectivity index is 1.84. The standard InChI is InChI=1S/C18H26N2O5S/c1-2-19-26(23,24)16-11-9-14(10-12-16)18(22)25-13-17(21)20-15-7-5-3-4-6-8-15/h9-12,15,19H,2-8,13H2,1H3,(H,20,21). The second-order valence-corrected chi connectivity index (χ2v) is 8.12. The maximum absolute atomic E-state index is 12.0. The zero-order chi connectivity index (χ0) is 19.0. The van der Waals surface area contributed by atoms with Gasteiger partial charge < -0.3 is 10.1 Å². The Kier molecular flexibility index (Phi) is 7.59. The number of carbonyl (C=O) groups excluding carboxylic acids is 2. The number of benzene rings is 1. The van der Waals surface area contributed by atoms with Crippen LogP contribution in [0.4, 0.5) is 0 Å². The average molecular weight is 382 g/mol. The molecule has 1 aromatic rings. The topological polar surface area (TPSA) is 102 Å². The molecule has 0 atom stereocenters. The first-order valence-electron chi connectivity index (χ1n) is 8.98. The highest BCUT2D eigenvalue weighted by atomic mass is 32.2. The molecule has 2 rings (SSSR count). The van der Waals surface area contributed by atoms with E-state index in [9.17, 15) is 18.0 Å². The van der Waals surface area contributed by atoms with Gasteiger partial charge in [0.15, 0.2) is 6.61 Å². The Hall–Kier alpha value is -1.93. The summed E-state index contributed by atoms with van der Waals surface area (Å²) in [4.78, 5) is 24.0. The molecule has 7 nitrogen and oxygen atoms in total. The van der Waals surface area contributed by atoms with Gasteiger partial charge in [0.05, 0.1) is 10.5 Å². The van der Waals surface area contributed by atoms with Crippen LogP contribution in [0.3, 0.4) is 0 Å². The van der Waals surface area contributed by atoms with Crippen molar-refractivity contribution >= 4 is 21.9 Å². The SMILES string of the molecule is CCNS(=O)(=O)c1ccc(C(=O)OCC(=O)NC2CCCCCC2)cc1. The van der Waals surface area contributed by atoms with Gasteiger partial charge in [-0.2, -0.15) is 0 Å². The minimum Gasteiger partial charge on any atom is -0.452 e. The zero-order valence-corrected chi connectivity index (χ0v) is 15.8. The number of nitrogens with one attached hydrogen (secondary N) is 2. The van der Waals surface area contributed by atoms with Crippen LogP contribution in [0.1, 0.15) is 55.8 Å². The summed E-state index contributed by atoms with van der Waals surface area (Å²) in [7, 11) is -3.56. The van der Waals surface area contributed by atoms with E-state index < -0.39 is 16.0 Å². The Bertz CT molecular complexity index is 708. The van der Waals surface area contributed by atoms with E-state index >= 15 is 0 Å². The molecule has 0 aromatic heterocycles. The normalized spacial score (nSPS) is 15.9. The van der Waals surface area contributed by atoms with Crippen molar-refractivity contribution in [2.45, 2.75) is 56.4 Å². The number of esters is 1. The van der Waals surface area contributed by atoms with E-state index in [-0.39, 0.29) is 35.6 Å². The van der Waals surface area contributed by atoms with Crippen LogP contribution in [-0.4, -0.2) is 39.5 Å². The Morgan fingerprint density at radius 2 is 1.69 bits per heavy atom. The van der Waals surface area contributed by atoms with Crippen LogP contribution in [0.15, 0.2) is 29.2 Å². The molecule has 1 aliphatic carbocycles. The van der Waals surface area contributed by atoms with Crippen LogP contribution >= 0.6 is 0 Å². The summed E-state index contributed by atoms with van der Waals surface area (Å²) in [5.74, 6) is -0.968. The van der Waals surface area contributed by atoms with Crippen molar-refractivity contribution in [1.29, 1.82) is 0 Å². The van der Waals surface area contributed by atoms with Crippen LogP contribution in [0.2, 0.25) is 0 Å². The maximum atomic E-state index is 12.0. The number of ether oxygens (including phenoxy) is 1. The van der Waals surface area contributed by atoms with Gasteiger partial charge in [0.2, 0.25) is 10.0 Å². The largest absolute Gasteiger partial charge is 0.452 e. The predicted octanol–water partition coefficient (Wildman–Crippen LogP) is 1.98. The van der Waals surface area contributed by atoms with E-state index in [1.165, 1.54) is 37.1 Å². The van der Waals surface area contributed by atoms with Crippen LogP contribution in [0.5, 0.6) is 0 Å². The third-order valence-corrected chi connectivity index (χ3v) is 5.85. The average Bonchev–Trinajstić information content (AvgIpc) is 2.88. The summed E-state index contributed by atoms with van der Waals surface area (Å²) in [6.07, 6.45) is 6.52. The van der Waals surface area contributed by atoms with E-state index in [1.807, 2.05) is 0 Å². The molecule has 2 N–H and O–H groups in total. The summed E-state index contributed by atoms with van der Waals surface area (Å²) in [6.45, 7) is 1.62. The molecule has 1 fully saturated rings. The van der Waals surface area contributed by atoms with E-state index in [4.69, 9.17) is 4.74 Å². The van der Waals surface area contributed by atoms with Crippen molar-refractivity contribution in [3.63, 3.8) is 0 Å². The summed E-state index contributed by atoms with van der Waals surface area (Å²) in [5, 5.41) is 2.90. The monoisotopic (exact) mass is 382 g/mol. The number of sulfonamides is 1. The number of hydrogen-bond acceptors (Lipinski definition) is 5. The van der Waals surface area contributed by atoms with Gasteiger partial charge in [-0.1, -0.05) is 32.6 Å². The molecule has 26 heavy (non-hydrogen) atoms. The summed E-state index contributed by atoms with van der Waals surface area (Å²) >= 11 is 0. The highest BCUT2D eigenvalue weighted by Crippen LogP contribution is 2.17. The van der Waals surface area contributed by atoms with Gasteiger partial charge in [-0.25, -0.2) is 17.9 Å². The smallest absolute Gasteiger partial charge is 0.338 e. The third-order valence-electron chi connectivity index (χ3n) is 4.29. The van der Waals surface area contributed by atoms with Crippen molar-refractivity contribution in [3.8, 4) is 0 Å². The molecule has 0 saturated heterocycles. The molecule has 144 valence electrons. The van der Waals surface area contributed by atoms with Gasteiger partial charge in [-0.3, -0.25) is 4.79 Å². The predicted molar refractivity (Wildman–Crippen MR) is 97.2 cm³/mol. The van der Waals surface area contributed by atoms with Crippen LogP contribution in [0.25, 0.3) is 0 Å². The van der Waals surface area contributed by atoms with E-state index in [1.54, 1.807) is 6.92 Å². The van der Waals surface area contributed by atoms with Crippen molar-refractivity contribution in [2.24, 2.45) is 0 Å². The fourth-order valence-electron chi connectivity index (χ4n) is 2.95. The van der Waals surface area contributed by atoms with Crippen LogP contribution < -0.4 is 10.0 Å². The zero-order valence-electron chi connectivity index (χ0n) is 15.0. The van der Waals surface area contributed by atoms with Gasteiger partial charge in [0, 0.05) is 12.6 Å². The second-order valence-electron chi connectivity index (χ2n) is 6.36. The van der Waals surface area contributed by atoms with Gasteiger partial charge in [0.1, 0.15) is 0 Å². The fraction of sp³-hybridized carbons (Fsp3) is 0.556. The van der Waals surface area contributed by atoms with Crippen LogP contribution in [-0.2, 0) is 19.6 Å². The van der Waals surface area contributed by atoms with E-state index in [2.05, 4.69) is 10.0 Å². The molecule has 0 heterocycles. The van der Waals surface area contributed by atoms with Crippen molar-refractivity contribution in [3.05, 3.63) is 29.8 Å². The first-order valence-corrected chi connectivity index (χ1v) is 10.5. The Labute approximate surface area is 154 Å². The lowest BCUT2D eigenvalue weighted by atomic mass is 10.1. The van der Waals surface area contributed by atoms with E-state index in [0.717, 1.165) is 25.7 Å². The van der Waals surface area contributed by atoms with Crippen molar-refractivity contribution < 1.29 is 22.7 Å². The Morgan fingerprint density at radius 3 is 2.27 bits per heavy atom. The molecule has 8 heteroatoms. The molecule has 1 amide bonds. The molecule has 1 aliphatic rings. The lowest BCUT2D eigenvalue weighted by Crippen LogP contribution is -2.37. The highest BCUT2D eigenvalue weighted by molar-refractivity contribution is 7.89. The maximum Gasteiger partial charge on any atom is 0.338 e. The second kappa shape index (κ2) is 9.68. The lowest BCUT2D eigenvalue weighted by molar-refractivity contribution is -0.125. The molecule has 0 radical (unpaired) electrons. The number of rotatable bonds is 7. The first-order chi connectivity index (χ1) is 12.4. The third kappa shape index (κ3) is 6.10. The van der Waals surface area contributed by atoms with Crippen molar-refractivity contribution in [1.82, 2.24) is 10.0 Å². The van der Waals surface area contributed by atoms with Crippen LogP contribution in [0, 0.1) is 0 Å². The molecule has 0 spiro atoms. The van der Waals surface area contributed by atoms with Gasteiger partial charge in [-0.05, 0) is 37.1 Å². The molecular formula is C18H26N2O5S. The fourth-order valence-corrected chi connectivity index (χ4v) is 3.99. The molecule has 0 bridgehead atoms. The molecule has 1 aromatic carbocycles. The molecule has 0 unspecified atom stereocenters. The first kappa shape index (κ1) is 20.4. The van der Waals surface area contributed by atoms with E-state index in [0.29, 0.717) is 0 Å². The summed E-state index contributed by atoms with van der Waals surface area (Å²) in [5.41, 5.74) is 0.197. The quantitative estimate of drug-likeness (QED) is 0.555. The van der Waals surface area contributed by atoms with Crippen molar-refractivity contribution in [2.75, 3.05) is 13.2 Å². The van der Waals surface area contributed by atoms with Gasteiger partial charge >= 0.3 is 5.97 Å².